The van der Waals surface area contributed by atoms with Crippen molar-refractivity contribution in [1.29, 1.82) is 0 Å². The molecule has 10 heteroatoms. The van der Waals surface area contributed by atoms with Crippen molar-refractivity contribution in [3.05, 3.63) is 101 Å². The van der Waals surface area contributed by atoms with Crippen molar-refractivity contribution in [2.24, 2.45) is 0 Å². The third-order valence-electron chi connectivity index (χ3n) is 4.93. The highest BCUT2D eigenvalue weighted by molar-refractivity contribution is 7.92. The number of benzene rings is 2. The van der Waals surface area contributed by atoms with Gasteiger partial charge in [0, 0.05) is 23.5 Å². The molecule has 0 saturated carbocycles. The van der Waals surface area contributed by atoms with Crippen molar-refractivity contribution in [3.8, 4) is 0 Å². The van der Waals surface area contributed by atoms with Crippen LogP contribution in [0.2, 0.25) is 0 Å². The average Bonchev–Trinajstić information content (AvgIpc) is 3.08. The molecular weight excluding hydrogens is 433 g/mol. The highest BCUT2D eigenvalue weighted by Gasteiger charge is 2.16. The molecule has 0 aliphatic heterocycles. The summed E-state index contributed by atoms with van der Waals surface area (Å²) in [5.74, 6) is -0.475. The molecule has 0 saturated heterocycles. The fourth-order valence-electron chi connectivity index (χ4n) is 3.42. The first-order chi connectivity index (χ1) is 15.4. The fraction of sp³-hybridized carbons (Fsp3) is 0.0455. The quantitative estimate of drug-likeness (QED) is 0.445. The van der Waals surface area contributed by atoms with Gasteiger partial charge < -0.3 is 0 Å². The van der Waals surface area contributed by atoms with E-state index in [0.717, 1.165) is 0 Å². The van der Waals surface area contributed by atoms with Gasteiger partial charge in [0.1, 0.15) is 10.7 Å². The van der Waals surface area contributed by atoms with E-state index in [-0.39, 0.29) is 17.1 Å². The number of anilines is 1. The van der Waals surface area contributed by atoms with E-state index >= 15 is 0 Å². The van der Waals surface area contributed by atoms with Gasteiger partial charge in [-0.15, -0.1) is 5.10 Å². The molecule has 0 unspecified atom stereocenters. The predicted octanol–water partition coefficient (Wildman–Crippen LogP) is 3.03. The van der Waals surface area contributed by atoms with E-state index in [0.29, 0.717) is 27.8 Å². The van der Waals surface area contributed by atoms with Crippen molar-refractivity contribution >= 4 is 32.3 Å². The van der Waals surface area contributed by atoms with Gasteiger partial charge in [-0.05, 0) is 54.1 Å². The van der Waals surface area contributed by atoms with Crippen LogP contribution in [-0.2, 0) is 16.6 Å². The Morgan fingerprint density at radius 1 is 1.00 bits per heavy atom. The Morgan fingerprint density at radius 2 is 1.88 bits per heavy atom. The fourth-order valence-corrected chi connectivity index (χ4v) is 4.45. The number of hydrogen-bond acceptors (Lipinski definition) is 5. The summed E-state index contributed by atoms with van der Waals surface area (Å²) in [5, 5.41) is 4.67. The van der Waals surface area contributed by atoms with E-state index in [4.69, 9.17) is 0 Å². The van der Waals surface area contributed by atoms with Gasteiger partial charge >= 0.3 is 5.69 Å². The van der Waals surface area contributed by atoms with E-state index in [2.05, 4.69) is 14.8 Å². The highest BCUT2D eigenvalue weighted by atomic mass is 32.2. The number of hydrogen-bond donors (Lipinski definition) is 1. The van der Waals surface area contributed by atoms with Crippen LogP contribution < -0.4 is 10.4 Å². The molecule has 8 nitrogen and oxygen atoms in total. The molecule has 5 rings (SSSR count). The number of aromatic nitrogens is 4. The molecule has 3 aromatic heterocycles. The summed E-state index contributed by atoms with van der Waals surface area (Å²) in [6, 6.07) is 17.3. The lowest BCUT2D eigenvalue weighted by atomic mass is 10.2. The van der Waals surface area contributed by atoms with E-state index in [1.807, 2.05) is 0 Å². The zero-order valence-electron chi connectivity index (χ0n) is 16.5. The van der Waals surface area contributed by atoms with Gasteiger partial charge in [0.05, 0.1) is 12.1 Å². The summed E-state index contributed by atoms with van der Waals surface area (Å²) in [6.07, 6.45) is 2.86. The minimum atomic E-state index is -3.96. The van der Waals surface area contributed by atoms with E-state index in [1.54, 1.807) is 48.7 Å². The van der Waals surface area contributed by atoms with E-state index in [1.165, 1.54) is 39.5 Å². The first-order valence-electron chi connectivity index (χ1n) is 9.60. The second-order valence-corrected chi connectivity index (χ2v) is 8.87. The third kappa shape index (κ3) is 3.71. The molecule has 0 atom stereocenters. The number of halogens is 1. The van der Waals surface area contributed by atoms with Crippen molar-refractivity contribution in [2.75, 3.05) is 4.72 Å². The lowest BCUT2D eigenvalue weighted by Crippen LogP contribution is -2.21. The molecule has 1 N–H and O–H groups in total. The van der Waals surface area contributed by atoms with Crippen LogP contribution in [0.25, 0.3) is 16.6 Å². The standard InChI is InChI=1S/C22H16FN5O3S/c23-17-7-8-20-16(11-17)12-19(13-24-20)32(30,31)26-18-5-3-4-15(10-18)14-28-22(29)27-9-2-1-6-21(27)25-28/h1-13,26H,14H2. The van der Waals surface area contributed by atoms with Crippen LogP contribution in [-0.4, -0.2) is 27.6 Å². The number of nitrogens with one attached hydrogen (secondary N) is 1. The van der Waals surface area contributed by atoms with Crippen molar-refractivity contribution < 1.29 is 12.8 Å². The first kappa shape index (κ1) is 19.9. The highest BCUT2D eigenvalue weighted by Crippen LogP contribution is 2.21. The maximum absolute atomic E-state index is 13.5. The van der Waals surface area contributed by atoms with Crippen LogP contribution in [0.1, 0.15) is 5.56 Å². The molecule has 0 aliphatic carbocycles. The molecule has 0 radical (unpaired) electrons. The maximum Gasteiger partial charge on any atom is 0.350 e. The SMILES string of the molecule is O=c1n(Cc2cccc(NS(=O)(=O)c3cnc4ccc(F)cc4c3)c2)nc2ccccn12. The number of sulfonamides is 1. The Morgan fingerprint density at radius 3 is 2.72 bits per heavy atom. The molecule has 0 amide bonds. The number of rotatable bonds is 5. The summed E-state index contributed by atoms with van der Waals surface area (Å²) >= 11 is 0. The Balaban J connectivity index is 1.43. The molecule has 5 aromatic rings. The van der Waals surface area contributed by atoms with Crippen LogP contribution in [0, 0.1) is 5.82 Å². The molecule has 2 aromatic carbocycles. The molecule has 0 aliphatic rings. The number of fused-ring (bicyclic) bond motifs is 2. The van der Waals surface area contributed by atoms with Crippen LogP contribution in [0.3, 0.4) is 0 Å². The second-order valence-electron chi connectivity index (χ2n) is 7.18. The van der Waals surface area contributed by atoms with Crippen molar-refractivity contribution in [2.45, 2.75) is 11.4 Å². The van der Waals surface area contributed by atoms with Gasteiger partial charge in [-0.3, -0.25) is 14.1 Å². The minimum Gasteiger partial charge on any atom is -0.280 e. The molecule has 0 spiro atoms. The average molecular weight is 449 g/mol. The Kier molecular flexibility index (Phi) is 4.71. The van der Waals surface area contributed by atoms with Crippen molar-refractivity contribution in [1.82, 2.24) is 19.2 Å². The Labute approximate surface area is 181 Å². The zero-order chi connectivity index (χ0) is 22.3. The lowest BCUT2D eigenvalue weighted by Gasteiger charge is -2.10. The Hall–Kier alpha value is -4.05. The summed E-state index contributed by atoms with van der Waals surface area (Å²) in [7, 11) is -3.96. The molecule has 0 bridgehead atoms. The summed E-state index contributed by atoms with van der Waals surface area (Å²) in [6.45, 7) is 0.173. The zero-order valence-corrected chi connectivity index (χ0v) is 17.3. The largest absolute Gasteiger partial charge is 0.350 e. The lowest BCUT2D eigenvalue weighted by molar-refractivity contribution is 0.601. The summed E-state index contributed by atoms with van der Waals surface area (Å²) in [4.78, 5) is 16.5. The number of nitrogens with zero attached hydrogens (tertiary/aromatic N) is 4. The summed E-state index contributed by atoms with van der Waals surface area (Å²) < 4.78 is 44.5. The van der Waals surface area contributed by atoms with Crippen LogP contribution >= 0.6 is 0 Å². The minimum absolute atomic E-state index is 0.0856. The van der Waals surface area contributed by atoms with Gasteiger partial charge in [-0.25, -0.2) is 22.3 Å². The molecule has 3 heterocycles. The van der Waals surface area contributed by atoms with Crippen LogP contribution in [0.15, 0.2) is 88.8 Å². The van der Waals surface area contributed by atoms with Crippen LogP contribution in [0.5, 0.6) is 0 Å². The van der Waals surface area contributed by atoms with Gasteiger partial charge in [-0.2, -0.15) is 0 Å². The van der Waals surface area contributed by atoms with Gasteiger partial charge in [0.15, 0.2) is 5.65 Å². The van der Waals surface area contributed by atoms with E-state index in [9.17, 15) is 17.6 Å². The maximum atomic E-state index is 13.5. The first-order valence-corrected chi connectivity index (χ1v) is 11.1. The topological polar surface area (TPSA) is 98.4 Å². The summed E-state index contributed by atoms with van der Waals surface area (Å²) in [5.41, 5.74) is 1.73. The normalized spacial score (nSPS) is 11.8. The molecule has 0 fully saturated rings. The van der Waals surface area contributed by atoms with Gasteiger partial charge in [0.25, 0.3) is 10.0 Å². The van der Waals surface area contributed by atoms with Crippen LogP contribution in [0.4, 0.5) is 10.1 Å². The predicted molar refractivity (Wildman–Crippen MR) is 118 cm³/mol. The monoisotopic (exact) mass is 449 g/mol. The smallest absolute Gasteiger partial charge is 0.280 e. The van der Waals surface area contributed by atoms with Gasteiger partial charge in [0.2, 0.25) is 0 Å². The van der Waals surface area contributed by atoms with Gasteiger partial charge in [-0.1, -0.05) is 18.2 Å². The van der Waals surface area contributed by atoms with Crippen molar-refractivity contribution in [3.63, 3.8) is 0 Å². The van der Waals surface area contributed by atoms with E-state index < -0.39 is 15.8 Å². The third-order valence-corrected chi connectivity index (χ3v) is 6.28. The number of pyridine rings is 2. The molecular formula is C22H16FN5O3S. The Bertz CT molecular complexity index is 1640. The molecule has 32 heavy (non-hydrogen) atoms. The second kappa shape index (κ2) is 7.57. The molecule has 160 valence electrons.